The van der Waals surface area contributed by atoms with Gasteiger partial charge in [-0.15, -0.1) is 0 Å². The highest BCUT2D eigenvalue weighted by molar-refractivity contribution is 7.92. The van der Waals surface area contributed by atoms with Crippen molar-refractivity contribution >= 4 is 21.5 Å². The van der Waals surface area contributed by atoms with Crippen molar-refractivity contribution in [2.75, 3.05) is 23.7 Å². The van der Waals surface area contributed by atoms with Crippen molar-refractivity contribution in [1.82, 2.24) is 4.98 Å². The molecule has 0 radical (unpaired) electrons. The molecule has 0 saturated heterocycles. The van der Waals surface area contributed by atoms with Crippen LogP contribution in [0, 0.1) is 6.92 Å². The van der Waals surface area contributed by atoms with E-state index in [4.69, 9.17) is 0 Å². The topological polar surface area (TPSA) is 62.3 Å². The Morgan fingerprint density at radius 2 is 1.90 bits per heavy atom. The van der Waals surface area contributed by atoms with E-state index in [-0.39, 0.29) is 4.90 Å². The van der Waals surface area contributed by atoms with Crippen LogP contribution in [0.4, 0.5) is 11.5 Å². The Morgan fingerprint density at radius 3 is 2.55 bits per heavy atom. The summed E-state index contributed by atoms with van der Waals surface area (Å²) in [6.07, 6.45) is 1.48. The smallest absolute Gasteiger partial charge is 0.264 e. The van der Waals surface area contributed by atoms with Gasteiger partial charge >= 0.3 is 0 Å². The Hall–Kier alpha value is -2.08. The minimum atomic E-state index is -3.59. The molecule has 2 aromatic rings. The molecule has 0 atom stereocenters. The molecule has 0 fully saturated rings. The van der Waals surface area contributed by atoms with Crippen molar-refractivity contribution in [3.05, 3.63) is 48.2 Å². The minimum Gasteiger partial charge on any atom is -0.373 e. The first-order valence-electron chi connectivity index (χ1n) is 6.15. The van der Waals surface area contributed by atoms with E-state index in [1.54, 1.807) is 20.2 Å². The molecule has 0 aliphatic heterocycles. The zero-order valence-electron chi connectivity index (χ0n) is 11.7. The van der Waals surface area contributed by atoms with Crippen molar-refractivity contribution in [2.45, 2.75) is 11.8 Å². The van der Waals surface area contributed by atoms with Gasteiger partial charge in [0.05, 0.1) is 10.6 Å². The van der Waals surface area contributed by atoms with Crippen LogP contribution < -0.4 is 9.62 Å². The molecular weight excluding hydrogens is 274 g/mol. The minimum absolute atomic E-state index is 0.211. The fourth-order valence-corrected chi connectivity index (χ4v) is 3.19. The van der Waals surface area contributed by atoms with E-state index in [1.165, 1.54) is 22.6 Å². The lowest BCUT2D eigenvalue weighted by atomic mass is 10.2. The molecule has 1 aromatic heterocycles. The van der Waals surface area contributed by atoms with Crippen molar-refractivity contribution in [1.29, 1.82) is 0 Å². The van der Waals surface area contributed by atoms with E-state index in [1.807, 2.05) is 25.1 Å². The van der Waals surface area contributed by atoms with Crippen LogP contribution in [0.15, 0.2) is 47.5 Å². The van der Waals surface area contributed by atoms with Crippen LogP contribution in [0.5, 0.6) is 0 Å². The summed E-state index contributed by atoms with van der Waals surface area (Å²) in [5.41, 5.74) is 1.57. The number of rotatable bonds is 4. The quantitative estimate of drug-likeness (QED) is 0.938. The van der Waals surface area contributed by atoms with Gasteiger partial charge in [0.15, 0.2) is 0 Å². The van der Waals surface area contributed by atoms with Crippen molar-refractivity contribution < 1.29 is 8.42 Å². The maximum absolute atomic E-state index is 12.6. The zero-order chi connectivity index (χ0) is 14.8. The Labute approximate surface area is 119 Å². The van der Waals surface area contributed by atoms with Crippen LogP contribution in [0.3, 0.4) is 0 Å². The Kier molecular flexibility index (Phi) is 3.94. The summed E-state index contributed by atoms with van der Waals surface area (Å²) in [4.78, 5) is 4.24. The fraction of sp³-hybridized carbons (Fsp3) is 0.214. The number of para-hydroxylation sites is 1. The summed E-state index contributed by atoms with van der Waals surface area (Å²) in [6.45, 7) is 1.88. The number of hydrogen-bond acceptors (Lipinski definition) is 4. The molecule has 0 amide bonds. The van der Waals surface area contributed by atoms with Crippen LogP contribution in [0.1, 0.15) is 5.56 Å². The number of anilines is 2. The number of aromatic nitrogens is 1. The molecule has 6 heteroatoms. The molecule has 0 bridgehead atoms. The molecule has 0 aliphatic rings. The zero-order valence-corrected chi connectivity index (χ0v) is 12.5. The third-order valence-corrected chi connectivity index (χ3v) is 4.87. The van der Waals surface area contributed by atoms with Crippen LogP contribution in [-0.2, 0) is 10.0 Å². The SMILES string of the molecule is CNc1cc(S(=O)(=O)N(C)c2ccccc2C)ccn1. The van der Waals surface area contributed by atoms with Gasteiger partial charge in [-0.05, 0) is 24.6 Å². The summed E-state index contributed by atoms with van der Waals surface area (Å²) in [7, 11) is -0.343. The lowest BCUT2D eigenvalue weighted by molar-refractivity contribution is 0.594. The first-order valence-corrected chi connectivity index (χ1v) is 7.59. The summed E-state index contributed by atoms with van der Waals surface area (Å²) in [5.74, 6) is 0.518. The van der Waals surface area contributed by atoms with Crippen molar-refractivity contribution in [2.24, 2.45) is 0 Å². The van der Waals surface area contributed by atoms with Crippen LogP contribution >= 0.6 is 0 Å². The number of aryl methyl sites for hydroxylation is 1. The van der Waals surface area contributed by atoms with Gasteiger partial charge in [-0.1, -0.05) is 18.2 Å². The summed E-state index contributed by atoms with van der Waals surface area (Å²) < 4.78 is 26.5. The van der Waals surface area contributed by atoms with Crippen LogP contribution in [0.25, 0.3) is 0 Å². The van der Waals surface area contributed by atoms with E-state index in [2.05, 4.69) is 10.3 Å². The van der Waals surface area contributed by atoms with Gasteiger partial charge in [-0.25, -0.2) is 13.4 Å². The highest BCUT2D eigenvalue weighted by Gasteiger charge is 2.22. The lowest BCUT2D eigenvalue weighted by Gasteiger charge is -2.21. The molecule has 0 spiro atoms. The Bertz CT molecular complexity index is 714. The molecule has 1 aromatic carbocycles. The van der Waals surface area contributed by atoms with Gasteiger partial charge in [0.2, 0.25) is 0 Å². The first kappa shape index (κ1) is 14.3. The monoisotopic (exact) mass is 291 g/mol. The van der Waals surface area contributed by atoms with E-state index in [0.29, 0.717) is 11.5 Å². The standard InChI is InChI=1S/C14H17N3O2S/c1-11-6-4-5-7-13(11)17(3)20(18,19)12-8-9-16-14(10-12)15-2/h4-10H,1-3H3,(H,15,16). The molecule has 0 unspecified atom stereocenters. The predicted octanol–water partition coefficient (Wildman–Crippen LogP) is 2.26. The number of benzene rings is 1. The van der Waals surface area contributed by atoms with Gasteiger partial charge in [0.25, 0.3) is 10.0 Å². The summed E-state index contributed by atoms with van der Waals surface area (Å²) in [5, 5.41) is 2.84. The Balaban J connectivity index is 2.47. The first-order chi connectivity index (χ1) is 9.46. The number of hydrogen-bond donors (Lipinski definition) is 1. The van der Waals surface area contributed by atoms with Gasteiger partial charge in [-0.2, -0.15) is 0 Å². The van der Waals surface area contributed by atoms with E-state index in [9.17, 15) is 8.42 Å². The maximum atomic E-state index is 12.6. The van der Waals surface area contributed by atoms with Crippen LogP contribution in [-0.4, -0.2) is 27.5 Å². The molecule has 0 saturated carbocycles. The summed E-state index contributed by atoms with van der Waals surface area (Å²) in [6, 6.07) is 10.4. The van der Waals surface area contributed by atoms with Gasteiger partial charge in [0, 0.05) is 26.4 Å². The Morgan fingerprint density at radius 1 is 1.20 bits per heavy atom. The average molecular weight is 291 g/mol. The van der Waals surface area contributed by atoms with Crippen molar-refractivity contribution in [3.63, 3.8) is 0 Å². The van der Waals surface area contributed by atoms with Crippen LogP contribution in [0.2, 0.25) is 0 Å². The number of sulfonamides is 1. The lowest BCUT2D eigenvalue weighted by Crippen LogP contribution is -2.27. The highest BCUT2D eigenvalue weighted by atomic mass is 32.2. The van der Waals surface area contributed by atoms with Gasteiger partial charge in [0.1, 0.15) is 5.82 Å². The second-order valence-electron chi connectivity index (χ2n) is 4.39. The average Bonchev–Trinajstić information content (AvgIpc) is 2.47. The molecule has 0 aliphatic carbocycles. The van der Waals surface area contributed by atoms with Gasteiger partial charge < -0.3 is 5.32 Å². The fourth-order valence-electron chi connectivity index (χ4n) is 1.91. The van der Waals surface area contributed by atoms with E-state index < -0.39 is 10.0 Å². The predicted molar refractivity (Wildman–Crippen MR) is 80.6 cm³/mol. The van der Waals surface area contributed by atoms with E-state index >= 15 is 0 Å². The largest absolute Gasteiger partial charge is 0.373 e. The van der Waals surface area contributed by atoms with E-state index in [0.717, 1.165) is 5.56 Å². The normalized spacial score (nSPS) is 11.2. The number of nitrogens with zero attached hydrogens (tertiary/aromatic N) is 2. The molecule has 2 rings (SSSR count). The van der Waals surface area contributed by atoms with Crippen molar-refractivity contribution in [3.8, 4) is 0 Å². The maximum Gasteiger partial charge on any atom is 0.264 e. The van der Waals surface area contributed by atoms with Gasteiger partial charge in [-0.3, -0.25) is 4.31 Å². The molecule has 1 heterocycles. The second-order valence-corrected chi connectivity index (χ2v) is 6.36. The number of nitrogens with one attached hydrogen (secondary N) is 1. The molecule has 1 N–H and O–H groups in total. The third-order valence-electron chi connectivity index (χ3n) is 3.10. The number of pyridine rings is 1. The second kappa shape index (κ2) is 5.50. The third kappa shape index (κ3) is 2.60. The summed E-state index contributed by atoms with van der Waals surface area (Å²) >= 11 is 0. The molecule has 5 nitrogen and oxygen atoms in total. The molecule has 106 valence electrons. The molecular formula is C14H17N3O2S. The molecule has 20 heavy (non-hydrogen) atoms. The highest BCUT2D eigenvalue weighted by Crippen LogP contribution is 2.25.